The van der Waals surface area contributed by atoms with Gasteiger partial charge >= 0.3 is 5.69 Å². The van der Waals surface area contributed by atoms with E-state index in [0.29, 0.717) is 30.2 Å². The zero-order valence-electron chi connectivity index (χ0n) is 17.7. The van der Waals surface area contributed by atoms with Gasteiger partial charge in [-0.05, 0) is 24.6 Å². The fourth-order valence-electron chi connectivity index (χ4n) is 4.23. The number of fused-ring (bicyclic) bond motifs is 3. The van der Waals surface area contributed by atoms with Crippen molar-refractivity contribution in [1.82, 2.24) is 18.7 Å². The first-order valence-electron chi connectivity index (χ1n) is 10.1. The van der Waals surface area contributed by atoms with Gasteiger partial charge in [0.25, 0.3) is 5.56 Å². The first-order valence-corrected chi connectivity index (χ1v) is 10.1. The average Bonchev–Trinajstić information content (AvgIpc) is 3.35. The van der Waals surface area contributed by atoms with Crippen molar-refractivity contribution in [2.24, 2.45) is 7.05 Å². The maximum Gasteiger partial charge on any atom is 0.332 e. The molecular formula is C23H23N5O3. The number of ether oxygens (including phenoxy) is 1. The van der Waals surface area contributed by atoms with E-state index in [0.717, 1.165) is 22.6 Å². The lowest BCUT2D eigenvalue weighted by atomic mass is 10.1. The van der Waals surface area contributed by atoms with Gasteiger partial charge in [0.1, 0.15) is 5.75 Å². The van der Waals surface area contributed by atoms with Crippen LogP contribution < -0.4 is 20.9 Å². The molecule has 2 aromatic heterocycles. The highest BCUT2D eigenvalue weighted by molar-refractivity contribution is 5.78. The van der Waals surface area contributed by atoms with Crippen molar-refractivity contribution in [1.29, 1.82) is 0 Å². The second kappa shape index (κ2) is 7.16. The van der Waals surface area contributed by atoms with Gasteiger partial charge in [0.05, 0.1) is 13.7 Å². The normalized spacial score (nSPS) is 13.1. The van der Waals surface area contributed by atoms with Gasteiger partial charge in [-0.15, -0.1) is 0 Å². The molecular weight excluding hydrogens is 394 g/mol. The first kappa shape index (κ1) is 19.2. The van der Waals surface area contributed by atoms with Gasteiger partial charge in [-0.3, -0.25) is 13.9 Å². The minimum absolute atomic E-state index is 0.225. The van der Waals surface area contributed by atoms with E-state index in [-0.39, 0.29) is 17.8 Å². The highest BCUT2D eigenvalue weighted by atomic mass is 16.5. The summed E-state index contributed by atoms with van der Waals surface area (Å²) in [7, 11) is 3.29. The second-order valence-corrected chi connectivity index (χ2v) is 7.81. The van der Waals surface area contributed by atoms with Crippen molar-refractivity contribution in [2.45, 2.75) is 20.0 Å². The third-order valence-electron chi connectivity index (χ3n) is 5.79. The molecule has 0 amide bonds. The van der Waals surface area contributed by atoms with Crippen molar-refractivity contribution >= 4 is 22.8 Å². The Kier molecular flexibility index (Phi) is 4.43. The van der Waals surface area contributed by atoms with E-state index in [2.05, 4.69) is 4.98 Å². The summed E-state index contributed by atoms with van der Waals surface area (Å²) >= 11 is 0. The molecule has 5 rings (SSSR count). The summed E-state index contributed by atoms with van der Waals surface area (Å²) in [6.45, 7) is 3.51. The fraction of sp³-hybridized carbons (Fsp3) is 0.261. The molecule has 0 saturated carbocycles. The van der Waals surface area contributed by atoms with Crippen LogP contribution >= 0.6 is 0 Å². The topological polar surface area (TPSA) is 74.3 Å². The maximum atomic E-state index is 13.4. The number of aromatic nitrogens is 4. The molecule has 0 spiro atoms. The van der Waals surface area contributed by atoms with Crippen LogP contribution in [0.1, 0.15) is 11.1 Å². The third-order valence-corrected chi connectivity index (χ3v) is 5.79. The van der Waals surface area contributed by atoms with Crippen LogP contribution in [0.25, 0.3) is 11.2 Å². The average molecular weight is 417 g/mol. The third kappa shape index (κ3) is 3.02. The molecule has 0 atom stereocenters. The number of aryl methyl sites for hydroxylation is 2. The molecule has 0 saturated heterocycles. The summed E-state index contributed by atoms with van der Waals surface area (Å²) in [5, 5.41) is 0. The SMILES string of the molecule is COc1cccc(N2CCn3c2nc2c3c(=O)n(Cc3cccc(C)c3)c(=O)n2C)c1. The van der Waals surface area contributed by atoms with Crippen LogP contribution in [0, 0.1) is 6.92 Å². The fourth-order valence-corrected chi connectivity index (χ4v) is 4.23. The van der Waals surface area contributed by atoms with E-state index in [1.165, 1.54) is 9.13 Å². The lowest BCUT2D eigenvalue weighted by Crippen LogP contribution is -2.40. The summed E-state index contributed by atoms with van der Waals surface area (Å²) in [6, 6.07) is 15.6. The Labute approximate surface area is 178 Å². The van der Waals surface area contributed by atoms with Crippen LogP contribution in [-0.2, 0) is 20.1 Å². The zero-order valence-corrected chi connectivity index (χ0v) is 17.7. The quantitative estimate of drug-likeness (QED) is 0.510. The molecule has 0 unspecified atom stereocenters. The lowest BCUT2D eigenvalue weighted by molar-refractivity contribution is 0.415. The van der Waals surface area contributed by atoms with Crippen LogP contribution in [0.3, 0.4) is 0 Å². The highest BCUT2D eigenvalue weighted by Gasteiger charge is 2.29. The first-order chi connectivity index (χ1) is 15.0. The van der Waals surface area contributed by atoms with Gasteiger partial charge in [0.15, 0.2) is 11.2 Å². The molecule has 0 bridgehead atoms. The molecule has 1 aliphatic rings. The number of imidazole rings is 1. The second-order valence-electron chi connectivity index (χ2n) is 7.81. The van der Waals surface area contributed by atoms with E-state index >= 15 is 0 Å². The Morgan fingerprint density at radius 2 is 1.87 bits per heavy atom. The minimum atomic E-state index is -0.372. The molecule has 158 valence electrons. The number of rotatable bonds is 4. The van der Waals surface area contributed by atoms with Gasteiger partial charge in [0.2, 0.25) is 5.95 Å². The Bertz CT molecular complexity index is 1430. The summed E-state index contributed by atoms with van der Waals surface area (Å²) in [6.07, 6.45) is 0. The van der Waals surface area contributed by atoms with Crippen molar-refractivity contribution in [2.75, 3.05) is 18.6 Å². The van der Waals surface area contributed by atoms with E-state index in [1.54, 1.807) is 14.2 Å². The monoisotopic (exact) mass is 417 g/mol. The van der Waals surface area contributed by atoms with Gasteiger partial charge in [0, 0.05) is 31.9 Å². The lowest BCUT2D eigenvalue weighted by Gasteiger charge is -2.16. The molecule has 8 nitrogen and oxygen atoms in total. The molecule has 0 fully saturated rings. The predicted octanol–water partition coefficient (Wildman–Crippen LogP) is 2.41. The Morgan fingerprint density at radius 1 is 1.06 bits per heavy atom. The Morgan fingerprint density at radius 3 is 2.65 bits per heavy atom. The van der Waals surface area contributed by atoms with Crippen molar-refractivity contribution in [3.63, 3.8) is 0 Å². The van der Waals surface area contributed by atoms with Crippen LogP contribution in [0.4, 0.5) is 11.6 Å². The molecule has 3 heterocycles. The van der Waals surface area contributed by atoms with Crippen LogP contribution in [0.15, 0.2) is 58.1 Å². The van der Waals surface area contributed by atoms with Gasteiger partial charge in [-0.2, -0.15) is 4.98 Å². The van der Waals surface area contributed by atoms with E-state index in [1.807, 2.05) is 64.9 Å². The predicted molar refractivity (Wildman–Crippen MR) is 120 cm³/mol. The number of methoxy groups -OCH3 is 1. The maximum absolute atomic E-state index is 13.4. The largest absolute Gasteiger partial charge is 0.497 e. The summed E-state index contributed by atoms with van der Waals surface area (Å²) < 4.78 is 10.0. The van der Waals surface area contributed by atoms with Gasteiger partial charge in [-0.1, -0.05) is 35.9 Å². The number of benzene rings is 2. The van der Waals surface area contributed by atoms with Crippen molar-refractivity contribution < 1.29 is 4.74 Å². The standard InChI is InChI=1S/C23H23N5O3/c1-15-6-4-7-16(12-15)14-28-21(29)19-20(25(2)23(28)30)24-22-26(10-11-27(19)22)17-8-5-9-18(13-17)31-3/h4-9,12-13H,10-11,14H2,1-3H3. The Hall–Kier alpha value is -3.81. The van der Waals surface area contributed by atoms with E-state index in [4.69, 9.17) is 4.74 Å². The molecule has 8 heteroatoms. The molecule has 0 N–H and O–H groups in total. The number of hydrogen-bond acceptors (Lipinski definition) is 5. The molecule has 2 aromatic carbocycles. The molecule has 0 aliphatic carbocycles. The minimum Gasteiger partial charge on any atom is -0.497 e. The van der Waals surface area contributed by atoms with Gasteiger partial charge < -0.3 is 14.2 Å². The van der Waals surface area contributed by atoms with Crippen LogP contribution in [-0.4, -0.2) is 32.3 Å². The number of anilines is 2. The van der Waals surface area contributed by atoms with Crippen LogP contribution in [0.5, 0.6) is 5.75 Å². The van der Waals surface area contributed by atoms with E-state index in [9.17, 15) is 9.59 Å². The van der Waals surface area contributed by atoms with Crippen molar-refractivity contribution in [3.8, 4) is 5.75 Å². The highest BCUT2D eigenvalue weighted by Crippen LogP contribution is 2.33. The number of nitrogens with zero attached hydrogens (tertiary/aromatic N) is 5. The Balaban J connectivity index is 1.66. The summed E-state index contributed by atoms with van der Waals surface area (Å²) in [5.74, 6) is 1.41. The van der Waals surface area contributed by atoms with Crippen LogP contribution in [0.2, 0.25) is 0 Å². The molecule has 0 radical (unpaired) electrons. The van der Waals surface area contributed by atoms with Crippen molar-refractivity contribution in [3.05, 3.63) is 80.5 Å². The molecule has 31 heavy (non-hydrogen) atoms. The number of hydrogen-bond donors (Lipinski definition) is 0. The summed E-state index contributed by atoms with van der Waals surface area (Å²) in [5.41, 5.74) is 3.10. The van der Waals surface area contributed by atoms with E-state index < -0.39 is 0 Å². The molecule has 4 aromatic rings. The smallest absolute Gasteiger partial charge is 0.332 e. The van der Waals surface area contributed by atoms with Gasteiger partial charge in [-0.25, -0.2) is 4.79 Å². The zero-order chi connectivity index (χ0) is 21.7. The molecule has 1 aliphatic heterocycles. The summed E-state index contributed by atoms with van der Waals surface area (Å²) in [4.78, 5) is 33.1.